The van der Waals surface area contributed by atoms with Crippen LogP contribution < -0.4 is 5.32 Å². The fraction of sp³-hybridized carbons (Fsp3) is 0.667. The minimum absolute atomic E-state index is 0.938. The molecule has 0 aromatic rings. The summed E-state index contributed by atoms with van der Waals surface area (Å²) in [6.07, 6.45) is 0. The minimum atomic E-state index is 0.938. The van der Waals surface area contributed by atoms with E-state index >= 15 is 0 Å². The van der Waals surface area contributed by atoms with Crippen molar-refractivity contribution in [2.75, 3.05) is 14.1 Å². The molecule has 6 heavy (non-hydrogen) atoms. The summed E-state index contributed by atoms with van der Waals surface area (Å²) in [6, 6.07) is 0. The number of rotatable bonds is 0. The van der Waals surface area contributed by atoms with Crippen LogP contribution >= 0.6 is 22.6 Å². The van der Waals surface area contributed by atoms with Gasteiger partial charge in [-0.2, -0.15) is 0 Å². The predicted octanol–water partition coefficient (Wildman–Crippen LogP) is 0.627. The summed E-state index contributed by atoms with van der Waals surface area (Å²) in [7, 11) is 3.59. The molecule has 0 aromatic heterocycles. The molecule has 0 unspecified atom stereocenters. The van der Waals surface area contributed by atoms with Gasteiger partial charge in [0.25, 0.3) is 0 Å². The normalized spacial score (nSPS) is 11.5. The van der Waals surface area contributed by atoms with Gasteiger partial charge in [-0.05, 0) is 22.6 Å². The Bertz CT molecular complexity index is 59.8. The fourth-order valence-electron chi connectivity index (χ4n) is 0.112. The van der Waals surface area contributed by atoms with Crippen LogP contribution in [0.25, 0.3) is 0 Å². The summed E-state index contributed by atoms with van der Waals surface area (Å²) in [6.45, 7) is 0. The Hall–Kier alpha value is 0.200. The first-order valence-electron chi connectivity index (χ1n) is 1.61. The average molecular weight is 198 g/mol. The van der Waals surface area contributed by atoms with Crippen molar-refractivity contribution in [3.05, 3.63) is 0 Å². The summed E-state index contributed by atoms with van der Waals surface area (Å²) in [4.78, 5) is 3.80. The molecule has 0 saturated heterocycles. The van der Waals surface area contributed by atoms with E-state index in [0.29, 0.717) is 0 Å². The van der Waals surface area contributed by atoms with Crippen LogP contribution in [0.15, 0.2) is 4.99 Å². The van der Waals surface area contributed by atoms with Crippen LogP contribution in [0.4, 0.5) is 0 Å². The van der Waals surface area contributed by atoms with Gasteiger partial charge < -0.3 is 5.32 Å². The molecule has 0 saturated carbocycles. The number of halogens is 1. The number of nitrogens with one attached hydrogen (secondary N) is 1. The third-order valence-electron chi connectivity index (χ3n) is 0.403. The zero-order valence-corrected chi connectivity index (χ0v) is 5.98. The number of hydrogen-bond acceptors (Lipinski definition) is 1. The first-order valence-corrected chi connectivity index (χ1v) is 2.69. The number of amidine groups is 1. The lowest BCUT2D eigenvalue weighted by Gasteiger charge is -1.87. The standard InChI is InChI=1S/C3H7IN2/c1-5-3(4)6-2/h1-2H3,(H,5,6). The first kappa shape index (κ1) is 6.20. The molecule has 3 heteroatoms. The van der Waals surface area contributed by atoms with Gasteiger partial charge in [0, 0.05) is 14.1 Å². The SMILES string of the molecule is CN=C(I)NC. The zero-order valence-electron chi connectivity index (χ0n) is 3.83. The van der Waals surface area contributed by atoms with Crippen molar-refractivity contribution < 1.29 is 0 Å². The monoisotopic (exact) mass is 198 g/mol. The van der Waals surface area contributed by atoms with E-state index in [1.54, 1.807) is 7.05 Å². The van der Waals surface area contributed by atoms with Crippen LogP contribution in [-0.2, 0) is 0 Å². The Morgan fingerprint density at radius 2 is 2.33 bits per heavy atom. The molecule has 2 nitrogen and oxygen atoms in total. The molecular weight excluding hydrogens is 191 g/mol. The van der Waals surface area contributed by atoms with E-state index in [4.69, 9.17) is 0 Å². The van der Waals surface area contributed by atoms with E-state index < -0.39 is 0 Å². The largest absolute Gasteiger partial charge is 0.368 e. The van der Waals surface area contributed by atoms with E-state index in [2.05, 4.69) is 32.9 Å². The molecule has 0 radical (unpaired) electrons. The summed E-state index contributed by atoms with van der Waals surface area (Å²) in [5.41, 5.74) is 0. The zero-order chi connectivity index (χ0) is 4.99. The number of aliphatic imine (C=N–C) groups is 1. The highest BCUT2D eigenvalue weighted by Crippen LogP contribution is 1.79. The van der Waals surface area contributed by atoms with Crippen molar-refractivity contribution in [3.8, 4) is 0 Å². The van der Waals surface area contributed by atoms with Gasteiger partial charge in [0.05, 0.1) is 0 Å². The topological polar surface area (TPSA) is 24.4 Å². The smallest absolute Gasteiger partial charge is 0.159 e. The number of hydrogen-bond donors (Lipinski definition) is 1. The molecule has 1 N–H and O–H groups in total. The van der Waals surface area contributed by atoms with E-state index in [9.17, 15) is 0 Å². The van der Waals surface area contributed by atoms with Gasteiger partial charge in [0.2, 0.25) is 0 Å². The van der Waals surface area contributed by atoms with Crippen molar-refractivity contribution in [2.45, 2.75) is 0 Å². The maximum absolute atomic E-state index is 3.80. The molecule has 0 spiro atoms. The van der Waals surface area contributed by atoms with Crippen molar-refractivity contribution in [1.82, 2.24) is 5.32 Å². The van der Waals surface area contributed by atoms with Gasteiger partial charge in [-0.3, -0.25) is 4.99 Å². The van der Waals surface area contributed by atoms with Crippen LogP contribution in [0, 0.1) is 0 Å². The van der Waals surface area contributed by atoms with E-state index in [1.807, 2.05) is 7.05 Å². The summed E-state index contributed by atoms with van der Waals surface area (Å²) in [5, 5.41) is 2.85. The second kappa shape index (κ2) is 3.39. The van der Waals surface area contributed by atoms with Gasteiger partial charge in [-0.1, -0.05) is 0 Å². The molecule has 0 aromatic carbocycles. The van der Waals surface area contributed by atoms with Crippen LogP contribution in [0.5, 0.6) is 0 Å². The molecule has 0 bridgehead atoms. The third kappa shape index (κ3) is 2.44. The molecule has 0 aliphatic heterocycles. The van der Waals surface area contributed by atoms with Gasteiger partial charge >= 0.3 is 0 Å². The van der Waals surface area contributed by atoms with Crippen molar-refractivity contribution >= 4 is 26.4 Å². The molecule has 0 atom stereocenters. The lowest BCUT2D eigenvalue weighted by molar-refractivity contribution is 1.19. The van der Waals surface area contributed by atoms with E-state index in [0.717, 1.165) is 3.84 Å². The second-order valence-corrected chi connectivity index (χ2v) is 1.79. The second-order valence-electron chi connectivity index (χ2n) is 0.764. The molecule has 0 aliphatic carbocycles. The van der Waals surface area contributed by atoms with Gasteiger partial charge in [-0.15, -0.1) is 0 Å². The molecule has 36 valence electrons. The Morgan fingerprint density at radius 3 is 2.33 bits per heavy atom. The Morgan fingerprint density at radius 1 is 1.83 bits per heavy atom. The van der Waals surface area contributed by atoms with Gasteiger partial charge in [0.1, 0.15) is 0 Å². The third-order valence-corrected chi connectivity index (χ3v) is 1.42. The Balaban J connectivity index is 3.22. The maximum atomic E-state index is 3.80. The van der Waals surface area contributed by atoms with E-state index in [1.165, 1.54) is 0 Å². The highest BCUT2D eigenvalue weighted by molar-refractivity contribution is 14.1. The molecule has 0 fully saturated rings. The van der Waals surface area contributed by atoms with Crippen LogP contribution in [0.3, 0.4) is 0 Å². The average Bonchev–Trinajstić information content (AvgIpc) is 1.65. The Kier molecular flexibility index (Phi) is 3.51. The summed E-state index contributed by atoms with van der Waals surface area (Å²) in [5.74, 6) is 0. The van der Waals surface area contributed by atoms with Crippen molar-refractivity contribution in [1.29, 1.82) is 0 Å². The summed E-state index contributed by atoms with van der Waals surface area (Å²) >= 11 is 2.11. The Labute approximate surface area is 51.2 Å². The van der Waals surface area contributed by atoms with Crippen LogP contribution in [0.2, 0.25) is 0 Å². The highest BCUT2D eigenvalue weighted by atomic mass is 127. The predicted molar refractivity (Wildman–Crippen MR) is 36.4 cm³/mol. The minimum Gasteiger partial charge on any atom is -0.368 e. The molecule has 0 rings (SSSR count). The number of nitrogens with zero attached hydrogens (tertiary/aromatic N) is 1. The highest BCUT2D eigenvalue weighted by Gasteiger charge is 1.74. The van der Waals surface area contributed by atoms with Gasteiger partial charge in [0.15, 0.2) is 3.84 Å². The van der Waals surface area contributed by atoms with Crippen LogP contribution in [0.1, 0.15) is 0 Å². The van der Waals surface area contributed by atoms with E-state index in [-0.39, 0.29) is 0 Å². The van der Waals surface area contributed by atoms with Crippen LogP contribution in [-0.4, -0.2) is 17.9 Å². The quantitative estimate of drug-likeness (QED) is 0.262. The molecule has 0 aliphatic rings. The molecular formula is C3H7IN2. The lowest BCUT2D eigenvalue weighted by atomic mass is 11.1. The van der Waals surface area contributed by atoms with Crippen molar-refractivity contribution in [2.24, 2.45) is 4.99 Å². The lowest BCUT2D eigenvalue weighted by Crippen LogP contribution is -2.09. The first-order chi connectivity index (χ1) is 2.81. The van der Waals surface area contributed by atoms with Gasteiger partial charge in [-0.25, -0.2) is 0 Å². The molecule has 0 heterocycles. The fourth-order valence-corrected chi connectivity index (χ4v) is 0.112. The maximum Gasteiger partial charge on any atom is 0.159 e. The molecule has 0 amide bonds. The summed E-state index contributed by atoms with van der Waals surface area (Å²) < 4.78 is 0.938. The van der Waals surface area contributed by atoms with Crippen molar-refractivity contribution in [3.63, 3.8) is 0 Å².